The predicted molar refractivity (Wildman–Crippen MR) is 101 cm³/mol. The van der Waals surface area contributed by atoms with Gasteiger partial charge in [-0.3, -0.25) is 0 Å². The van der Waals surface area contributed by atoms with E-state index in [2.05, 4.69) is 86.7 Å². The molecule has 0 bridgehead atoms. The number of thioether (sulfide) groups is 1. The minimum absolute atomic E-state index is 0. The maximum atomic E-state index is 2.34. The standard InChI is InChI=1S/C13H10S.C5H5.C3H6.2ClH.Zr/c1-2-5-10(6-3-1)13-9-11-7-4-8-12(11)14-13;1-2-4-5-3-1;1-3-2;;;/h1-9,11H;1-3H,4H2;1-2H3;2*1H;/q;;;;;+2/p-2. The number of hydrogen-bond donors (Lipinski definition) is 0. The van der Waals surface area contributed by atoms with E-state index in [-0.39, 0.29) is 47.6 Å². The van der Waals surface area contributed by atoms with Crippen molar-refractivity contribution >= 4 is 19.9 Å². The summed E-state index contributed by atoms with van der Waals surface area (Å²) < 4.78 is 3.40. The first-order valence-corrected chi connectivity index (χ1v) is 11.3. The zero-order valence-corrected chi connectivity index (χ0v) is 19.2. The summed E-state index contributed by atoms with van der Waals surface area (Å²) in [6.07, 6.45) is 16.9. The van der Waals surface area contributed by atoms with E-state index in [9.17, 15) is 0 Å². The number of fused-ring (bicyclic) bond motifs is 1. The monoisotopic (exact) mass is 465 g/mol. The SMILES string of the molecule is C1=CC2C=C(c3ccccc3)SC2=C1.C[C](C)=[Zr+2][C]1=CC=CC1.[Cl-].[Cl-]. The third-order valence-corrected chi connectivity index (χ3v) is 7.87. The van der Waals surface area contributed by atoms with Gasteiger partial charge >= 0.3 is 67.7 Å². The molecule has 0 aromatic heterocycles. The van der Waals surface area contributed by atoms with Gasteiger partial charge in [-0.1, -0.05) is 66.4 Å². The number of halogens is 2. The number of allylic oxidation sites excluding steroid dienone is 9. The summed E-state index contributed by atoms with van der Waals surface area (Å²) in [6, 6.07) is 10.6. The largest absolute Gasteiger partial charge is 1.00 e. The molecule has 1 unspecified atom stereocenters. The smallest absolute Gasteiger partial charge is 1.00 e. The molecule has 1 aliphatic heterocycles. The van der Waals surface area contributed by atoms with E-state index < -0.39 is 0 Å². The van der Waals surface area contributed by atoms with Crippen molar-refractivity contribution in [2.45, 2.75) is 20.3 Å². The molecule has 1 aromatic carbocycles. The van der Waals surface area contributed by atoms with Crippen LogP contribution in [0.2, 0.25) is 0 Å². The molecular formula is C21H21Cl2SZr. The maximum absolute atomic E-state index is 2.34. The van der Waals surface area contributed by atoms with Crippen molar-refractivity contribution in [1.29, 1.82) is 0 Å². The average molecular weight is 468 g/mol. The molecule has 2 aliphatic carbocycles. The van der Waals surface area contributed by atoms with Gasteiger partial charge in [0.2, 0.25) is 0 Å². The first kappa shape index (κ1) is 22.6. The molecule has 4 rings (SSSR count). The second-order valence-corrected chi connectivity index (χ2v) is 11.7. The van der Waals surface area contributed by atoms with Gasteiger partial charge in [-0.15, -0.1) is 0 Å². The Morgan fingerprint density at radius 2 is 1.80 bits per heavy atom. The van der Waals surface area contributed by atoms with Gasteiger partial charge < -0.3 is 24.8 Å². The molecule has 25 heavy (non-hydrogen) atoms. The van der Waals surface area contributed by atoms with E-state index in [1.807, 2.05) is 11.8 Å². The van der Waals surface area contributed by atoms with Crippen LogP contribution in [-0.4, -0.2) is 3.21 Å². The Morgan fingerprint density at radius 3 is 2.40 bits per heavy atom. The van der Waals surface area contributed by atoms with Crippen molar-refractivity contribution in [2.75, 3.05) is 0 Å². The molecule has 0 fully saturated rings. The zero-order valence-electron chi connectivity index (χ0n) is 14.4. The van der Waals surface area contributed by atoms with E-state index in [0.717, 1.165) is 0 Å². The fourth-order valence-electron chi connectivity index (χ4n) is 2.66. The van der Waals surface area contributed by atoms with Gasteiger partial charge in [0, 0.05) is 15.7 Å². The van der Waals surface area contributed by atoms with E-state index in [4.69, 9.17) is 0 Å². The molecule has 1 heterocycles. The van der Waals surface area contributed by atoms with Crippen LogP contribution in [0.5, 0.6) is 0 Å². The van der Waals surface area contributed by atoms with Gasteiger partial charge in [-0.05, 0) is 5.56 Å². The number of benzene rings is 1. The van der Waals surface area contributed by atoms with Crippen LogP contribution >= 0.6 is 11.8 Å². The Morgan fingerprint density at radius 1 is 1.04 bits per heavy atom. The molecule has 0 nitrogen and oxygen atoms in total. The van der Waals surface area contributed by atoms with Crippen LogP contribution in [0.4, 0.5) is 0 Å². The van der Waals surface area contributed by atoms with Crippen molar-refractivity contribution < 1.29 is 47.6 Å². The molecule has 1 aromatic rings. The summed E-state index contributed by atoms with van der Waals surface area (Å²) in [6.45, 7) is 4.51. The van der Waals surface area contributed by atoms with Crippen molar-refractivity contribution in [3.8, 4) is 0 Å². The van der Waals surface area contributed by atoms with Crippen LogP contribution in [-0.2, 0) is 22.8 Å². The van der Waals surface area contributed by atoms with E-state index in [1.54, 1.807) is 6.49 Å². The van der Waals surface area contributed by atoms with Crippen LogP contribution in [0.3, 0.4) is 0 Å². The molecule has 0 N–H and O–H groups in total. The molecule has 0 saturated heterocycles. The van der Waals surface area contributed by atoms with Crippen LogP contribution in [0, 0.1) is 5.92 Å². The second kappa shape index (κ2) is 11.3. The quantitative estimate of drug-likeness (QED) is 0.589. The molecule has 0 amide bonds. The van der Waals surface area contributed by atoms with Gasteiger partial charge in [-0.25, -0.2) is 0 Å². The Balaban J connectivity index is 0.000000252. The van der Waals surface area contributed by atoms with Gasteiger partial charge in [0.25, 0.3) is 0 Å². The van der Waals surface area contributed by atoms with Crippen LogP contribution in [0.15, 0.2) is 81.1 Å². The fraction of sp³-hybridized carbons (Fsp3) is 0.190. The Hall–Kier alpha value is -0.397. The minimum atomic E-state index is -0.220. The zero-order chi connectivity index (χ0) is 16.1. The van der Waals surface area contributed by atoms with Crippen LogP contribution < -0.4 is 24.8 Å². The first-order valence-electron chi connectivity index (χ1n) is 7.99. The summed E-state index contributed by atoms with van der Waals surface area (Å²) in [7, 11) is 0. The van der Waals surface area contributed by atoms with Crippen LogP contribution in [0.25, 0.3) is 4.91 Å². The number of rotatable bonds is 2. The van der Waals surface area contributed by atoms with Gasteiger partial charge in [0.15, 0.2) is 0 Å². The molecule has 1 atom stereocenters. The Labute approximate surface area is 179 Å². The fourth-order valence-corrected chi connectivity index (χ4v) is 6.37. The van der Waals surface area contributed by atoms with Crippen molar-refractivity contribution in [2.24, 2.45) is 5.92 Å². The van der Waals surface area contributed by atoms with Gasteiger partial charge in [0.1, 0.15) is 0 Å². The van der Waals surface area contributed by atoms with E-state index in [0.29, 0.717) is 5.92 Å². The van der Waals surface area contributed by atoms with Crippen molar-refractivity contribution in [3.63, 3.8) is 0 Å². The van der Waals surface area contributed by atoms with E-state index in [1.165, 1.54) is 21.8 Å². The molecular weight excluding hydrogens is 446 g/mol. The normalized spacial score (nSPS) is 18.5. The number of hydrogen-bond acceptors (Lipinski definition) is 1. The average Bonchev–Trinajstić information content (AvgIpc) is 3.24. The predicted octanol–water partition coefficient (Wildman–Crippen LogP) is -0.0229. The summed E-state index contributed by atoms with van der Waals surface area (Å²) >= 11 is 1.67. The molecule has 0 saturated carbocycles. The topological polar surface area (TPSA) is 0 Å². The first-order chi connectivity index (χ1) is 11.2. The molecule has 4 heteroatoms. The van der Waals surface area contributed by atoms with Gasteiger partial charge in [0.05, 0.1) is 0 Å². The summed E-state index contributed by atoms with van der Waals surface area (Å²) in [4.78, 5) is 2.86. The van der Waals surface area contributed by atoms with Crippen molar-refractivity contribution in [3.05, 3.63) is 86.6 Å². The Bertz CT molecular complexity index is 751. The van der Waals surface area contributed by atoms with Gasteiger partial charge in [-0.2, -0.15) is 0 Å². The molecule has 3 aliphatic rings. The minimum Gasteiger partial charge on any atom is -1.00 e. The molecule has 129 valence electrons. The van der Waals surface area contributed by atoms with E-state index >= 15 is 0 Å². The second-order valence-electron chi connectivity index (χ2n) is 5.93. The molecule has 0 radical (unpaired) electrons. The summed E-state index contributed by atoms with van der Waals surface area (Å²) in [5, 5.41) is 0. The Kier molecular flexibility index (Phi) is 10.3. The maximum Gasteiger partial charge on any atom is -1.00 e. The van der Waals surface area contributed by atoms with Crippen LogP contribution in [0.1, 0.15) is 25.8 Å². The summed E-state index contributed by atoms with van der Waals surface area (Å²) in [5.74, 6) is 0.551. The third-order valence-electron chi connectivity index (χ3n) is 3.71. The van der Waals surface area contributed by atoms with Crippen molar-refractivity contribution in [1.82, 2.24) is 0 Å². The molecule has 0 spiro atoms. The third kappa shape index (κ3) is 6.68. The summed E-state index contributed by atoms with van der Waals surface area (Å²) in [5.41, 5.74) is 1.33.